The highest BCUT2D eigenvalue weighted by Gasteiger charge is 2.29. The van der Waals surface area contributed by atoms with E-state index in [0.29, 0.717) is 4.47 Å². The molecule has 110 valence electrons. The lowest BCUT2D eigenvalue weighted by Gasteiger charge is -2.09. The Bertz CT molecular complexity index is 811. The third-order valence-corrected chi connectivity index (χ3v) is 4.40. The van der Waals surface area contributed by atoms with Crippen LogP contribution in [-0.4, -0.2) is 13.3 Å². The molecule has 0 heterocycles. The Balaban J connectivity index is 2.50. The molecule has 1 N–H and O–H groups in total. The van der Waals surface area contributed by atoms with E-state index in [2.05, 4.69) is 20.7 Å². The standard InChI is InChI=1S/C12H8BrFN2O4S/c13-8-3-1-4-9(7-8)15-21(19,20)11-6-2-5-10(14)12(11)16(17)18/h1-7,15H. The van der Waals surface area contributed by atoms with Crippen molar-refractivity contribution in [2.75, 3.05) is 4.72 Å². The highest BCUT2D eigenvalue weighted by Crippen LogP contribution is 2.28. The lowest BCUT2D eigenvalue weighted by molar-refractivity contribution is -0.390. The second-order valence-electron chi connectivity index (χ2n) is 3.96. The van der Waals surface area contributed by atoms with Crippen molar-refractivity contribution in [1.82, 2.24) is 0 Å². The molecule has 0 aliphatic carbocycles. The maximum absolute atomic E-state index is 13.5. The fourth-order valence-corrected chi connectivity index (χ4v) is 3.28. The Morgan fingerprint density at radius 2 is 1.86 bits per heavy atom. The number of nitro groups is 1. The molecule has 0 bridgehead atoms. The van der Waals surface area contributed by atoms with Gasteiger partial charge in [0, 0.05) is 10.2 Å². The third-order valence-electron chi connectivity index (χ3n) is 2.50. The summed E-state index contributed by atoms with van der Waals surface area (Å²) in [4.78, 5) is 9.07. The molecule has 21 heavy (non-hydrogen) atoms. The average molecular weight is 375 g/mol. The number of anilines is 1. The fraction of sp³-hybridized carbons (Fsp3) is 0. The number of rotatable bonds is 4. The summed E-state index contributed by atoms with van der Waals surface area (Å²) >= 11 is 3.17. The van der Waals surface area contributed by atoms with Gasteiger partial charge in [-0.25, -0.2) is 8.42 Å². The summed E-state index contributed by atoms with van der Waals surface area (Å²) < 4.78 is 40.7. The van der Waals surface area contributed by atoms with Gasteiger partial charge in [-0.1, -0.05) is 28.1 Å². The van der Waals surface area contributed by atoms with Crippen LogP contribution in [0.5, 0.6) is 0 Å². The minimum absolute atomic E-state index is 0.197. The van der Waals surface area contributed by atoms with Gasteiger partial charge in [-0.2, -0.15) is 4.39 Å². The molecular weight excluding hydrogens is 367 g/mol. The van der Waals surface area contributed by atoms with E-state index in [1.165, 1.54) is 12.1 Å². The van der Waals surface area contributed by atoms with Crippen molar-refractivity contribution in [3.8, 4) is 0 Å². The zero-order valence-corrected chi connectivity index (χ0v) is 12.7. The first-order chi connectivity index (χ1) is 9.81. The predicted molar refractivity (Wildman–Crippen MR) is 78.0 cm³/mol. The predicted octanol–water partition coefficient (Wildman–Crippen LogP) is 3.30. The SMILES string of the molecule is O=[N+]([O-])c1c(F)cccc1S(=O)(=O)Nc1cccc(Br)c1. The molecule has 0 spiro atoms. The summed E-state index contributed by atoms with van der Waals surface area (Å²) in [5.41, 5.74) is -0.886. The average Bonchev–Trinajstić information content (AvgIpc) is 2.37. The molecule has 0 radical (unpaired) electrons. The summed E-state index contributed by atoms with van der Waals surface area (Å²) in [5, 5.41) is 10.9. The number of halogens is 2. The second-order valence-corrected chi connectivity index (χ2v) is 6.53. The first-order valence-electron chi connectivity index (χ1n) is 5.52. The van der Waals surface area contributed by atoms with Crippen molar-refractivity contribution in [2.45, 2.75) is 4.90 Å². The van der Waals surface area contributed by atoms with Crippen LogP contribution in [-0.2, 0) is 10.0 Å². The summed E-state index contributed by atoms with van der Waals surface area (Å²) in [5.74, 6) is -1.21. The molecule has 9 heteroatoms. The third kappa shape index (κ3) is 3.37. The number of nitrogens with one attached hydrogen (secondary N) is 1. The Morgan fingerprint density at radius 3 is 2.48 bits per heavy atom. The summed E-state index contributed by atoms with van der Waals surface area (Å²) in [6.45, 7) is 0. The van der Waals surface area contributed by atoms with Gasteiger partial charge in [-0.3, -0.25) is 14.8 Å². The van der Waals surface area contributed by atoms with Crippen molar-refractivity contribution in [3.63, 3.8) is 0 Å². The molecule has 0 amide bonds. The Hall–Kier alpha value is -2.00. The van der Waals surface area contributed by atoms with E-state index in [1.54, 1.807) is 12.1 Å². The molecule has 2 aromatic rings. The van der Waals surface area contributed by atoms with Gasteiger partial charge in [0.15, 0.2) is 4.90 Å². The van der Waals surface area contributed by atoms with Crippen molar-refractivity contribution in [1.29, 1.82) is 0 Å². The number of hydrogen-bond acceptors (Lipinski definition) is 4. The maximum Gasteiger partial charge on any atom is 0.325 e. The molecule has 2 rings (SSSR count). The van der Waals surface area contributed by atoms with Crippen LogP contribution >= 0.6 is 15.9 Å². The molecule has 0 aromatic heterocycles. The number of nitro benzene ring substituents is 1. The van der Waals surface area contributed by atoms with E-state index in [0.717, 1.165) is 18.2 Å². The Labute approximate surface area is 127 Å². The van der Waals surface area contributed by atoms with Gasteiger partial charge in [-0.05, 0) is 30.3 Å². The van der Waals surface area contributed by atoms with Crippen LogP contribution in [0.3, 0.4) is 0 Å². The van der Waals surface area contributed by atoms with Crippen LogP contribution in [0.4, 0.5) is 15.8 Å². The summed E-state index contributed by atoms with van der Waals surface area (Å²) in [6, 6.07) is 9.11. The highest BCUT2D eigenvalue weighted by molar-refractivity contribution is 9.10. The Kier molecular flexibility index (Phi) is 4.24. The molecule has 0 atom stereocenters. The van der Waals surface area contributed by atoms with Gasteiger partial charge in [0.25, 0.3) is 10.0 Å². The lowest BCUT2D eigenvalue weighted by Crippen LogP contribution is -2.15. The van der Waals surface area contributed by atoms with Crippen LogP contribution in [0.2, 0.25) is 0 Å². The molecule has 6 nitrogen and oxygen atoms in total. The van der Waals surface area contributed by atoms with Crippen LogP contribution in [0.1, 0.15) is 0 Å². The van der Waals surface area contributed by atoms with Crippen molar-refractivity contribution in [2.24, 2.45) is 0 Å². The molecule has 0 saturated heterocycles. The molecule has 0 unspecified atom stereocenters. The number of para-hydroxylation sites is 1. The minimum atomic E-state index is -4.28. The molecule has 0 aliphatic rings. The molecule has 0 aliphatic heterocycles. The Morgan fingerprint density at radius 1 is 1.19 bits per heavy atom. The van der Waals surface area contributed by atoms with E-state index < -0.39 is 31.3 Å². The normalized spacial score (nSPS) is 11.1. The summed E-state index contributed by atoms with van der Waals surface area (Å²) in [6.07, 6.45) is 0. The maximum atomic E-state index is 13.5. The van der Waals surface area contributed by atoms with Crippen LogP contribution in [0.15, 0.2) is 51.8 Å². The minimum Gasteiger partial charge on any atom is -0.279 e. The molecule has 0 saturated carbocycles. The lowest BCUT2D eigenvalue weighted by atomic mass is 10.3. The second kappa shape index (κ2) is 5.78. The van der Waals surface area contributed by atoms with Crippen LogP contribution in [0, 0.1) is 15.9 Å². The van der Waals surface area contributed by atoms with Gasteiger partial charge < -0.3 is 0 Å². The monoisotopic (exact) mass is 374 g/mol. The first-order valence-corrected chi connectivity index (χ1v) is 7.80. The quantitative estimate of drug-likeness (QED) is 0.656. The van der Waals surface area contributed by atoms with Gasteiger partial charge in [0.1, 0.15) is 0 Å². The summed E-state index contributed by atoms with van der Waals surface area (Å²) in [7, 11) is -4.28. The van der Waals surface area contributed by atoms with Gasteiger partial charge >= 0.3 is 5.69 Å². The van der Waals surface area contributed by atoms with Gasteiger partial charge in [0.05, 0.1) is 4.92 Å². The van der Waals surface area contributed by atoms with Crippen molar-refractivity contribution >= 4 is 37.3 Å². The van der Waals surface area contributed by atoms with Gasteiger partial charge in [0.2, 0.25) is 5.82 Å². The van der Waals surface area contributed by atoms with E-state index in [4.69, 9.17) is 0 Å². The van der Waals surface area contributed by atoms with E-state index >= 15 is 0 Å². The first kappa shape index (κ1) is 15.4. The molecular formula is C12H8BrFN2O4S. The number of nitrogens with zero attached hydrogens (tertiary/aromatic N) is 1. The van der Waals surface area contributed by atoms with E-state index in [1.807, 2.05) is 0 Å². The van der Waals surface area contributed by atoms with Crippen molar-refractivity contribution < 1.29 is 17.7 Å². The molecule has 2 aromatic carbocycles. The highest BCUT2D eigenvalue weighted by atomic mass is 79.9. The number of hydrogen-bond donors (Lipinski definition) is 1. The zero-order chi connectivity index (χ0) is 15.6. The largest absolute Gasteiger partial charge is 0.325 e. The van der Waals surface area contributed by atoms with E-state index in [-0.39, 0.29) is 5.69 Å². The smallest absolute Gasteiger partial charge is 0.279 e. The van der Waals surface area contributed by atoms with Gasteiger partial charge in [-0.15, -0.1) is 0 Å². The fourth-order valence-electron chi connectivity index (χ4n) is 1.65. The van der Waals surface area contributed by atoms with Crippen LogP contribution < -0.4 is 4.72 Å². The van der Waals surface area contributed by atoms with Crippen LogP contribution in [0.25, 0.3) is 0 Å². The topological polar surface area (TPSA) is 89.3 Å². The van der Waals surface area contributed by atoms with Crippen molar-refractivity contribution in [3.05, 3.63) is 62.9 Å². The number of sulfonamides is 1. The number of benzene rings is 2. The zero-order valence-electron chi connectivity index (χ0n) is 10.3. The molecule has 0 fully saturated rings. The van der Waals surface area contributed by atoms with E-state index in [9.17, 15) is 22.9 Å².